The van der Waals surface area contributed by atoms with E-state index in [-0.39, 0.29) is 18.0 Å². The lowest BCUT2D eigenvalue weighted by atomic mass is 10.0. The summed E-state index contributed by atoms with van der Waals surface area (Å²) in [5.41, 5.74) is 3.83. The highest BCUT2D eigenvalue weighted by Gasteiger charge is 2.34. The Morgan fingerprint density at radius 1 is 1.11 bits per heavy atom. The van der Waals surface area contributed by atoms with Crippen molar-refractivity contribution in [3.05, 3.63) is 87.7 Å². The fraction of sp³-hybridized carbons (Fsp3) is 0.259. The smallest absolute Gasteiger partial charge is 0.264 e. The molecule has 2 aromatic carbocycles. The highest BCUT2D eigenvalue weighted by atomic mass is 35.5. The molecule has 0 saturated carbocycles. The van der Waals surface area contributed by atoms with Crippen molar-refractivity contribution in [1.29, 1.82) is 0 Å². The monoisotopic (exact) mass is 501 g/mol. The number of nitrogens with zero attached hydrogens (tertiary/aromatic N) is 4. The SMILES string of the molecule is O=C([C@H]1Cc2cc(Cl)cc(-c3ccnc(Cn4cnc5ccccc5c4=O)c3)c2O1)N1CCNCC1. The molecule has 0 spiro atoms. The maximum Gasteiger partial charge on any atom is 0.264 e. The molecule has 1 N–H and O–H groups in total. The van der Waals surface area contributed by atoms with Crippen LogP contribution >= 0.6 is 11.6 Å². The summed E-state index contributed by atoms with van der Waals surface area (Å²) in [6.45, 7) is 3.22. The molecule has 0 bridgehead atoms. The Hall–Kier alpha value is -3.75. The number of fused-ring (bicyclic) bond motifs is 2. The number of halogens is 1. The average molecular weight is 502 g/mol. The largest absolute Gasteiger partial charge is 0.479 e. The first kappa shape index (κ1) is 22.7. The van der Waals surface area contributed by atoms with Crippen molar-refractivity contribution in [2.45, 2.75) is 19.1 Å². The van der Waals surface area contributed by atoms with Crippen molar-refractivity contribution in [2.75, 3.05) is 26.2 Å². The normalized spacial score (nSPS) is 17.1. The highest BCUT2D eigenvalue weighted by Crippen LogP contribution is 2.41. The van der Waals surface area contributed by atoms with E-state index in [9.17, 15) is 9.59 Å². The molecule has 36 heavy (non-hydrogen) atoms. The van der Waals surface area contributed by atoms with Gasteiger partial charge in [0.2, 0.25) is 0 Å². The first-order chi connectivity index (χ1) is 17.6. The van der Waals surface area contributed by atoms with Crippen LogP contribution in [0.5, 0.6) is 5.75 Å². The summed E-state index contributed by atoms with van der Waals surface area (Å²) in [5, 5.41) is 4.41. The van der Waals surface area contributed by atoms with Gasteiger partial charge in [-0.3, -0.25) is 19.1 Å². The van der Waals surface area contributed by atoms with Gasteiger partial charge >= 0.3 is 0 Å². The Bertz CT molecular complexity index is 1530. The van der Waals surface area contributed by atoms with E-state index in [0.717, 1.165) is 29.8 Å². The second-order valence-electron chi connectivity index (χ2n) is 9.06. The Morgan fingerprint density at radius 2 is 1.94 bits per heavy atom. The highest BCUT2D eigenvalue weighted by molar-refractivity contribution is 6.31. The number of aromatic nitrogens is 3. The third kappa shape index (κ3) is 4.23. The van der Waals surface area contributed by atoms with Crippen LogP contribution in [0.1, 0.15) is 11.3 Å². The third-order valence-corrected chi connectivity index (χ3v) is 6.91. The Kier molecular flexibility index (Phi) is 5.91. The molecule has 2 aliphatic heterocycles. The fourth-order valence-corrected chi connectivity index (χ4v) is 5.13. The van der Waals surface area contributed by atoms with Crippen LogP contribution < -0.4 is 15.6 Å². The summed E-state index contributed by atoms with van der Waals surface area (Å²) in [7, 11) is 0. The van der Waals surface area contributed by atoms with Gasteiger partial charge in [0, 0.05) is 54.9 Å². The first-order valence-electron chi connectivity index (χ1n) is 11.9. The number of hydrogen-bond donors (Lipinski definition) is 1. The lowest BCUT2D eigenvalue weighted by molar-refractivity contribution is -0.138. The molecular formula is C27H24ClN5O3. The minimum absolute atomic E-state index is 0.00775. The number of rotatable bonds is 4. The first-order valence-corrected chi connectivity index (χ1v) is 12.3. The zero-order chi connectivity index (χ0) is 24.6. The van der Waals surface area contributed by atoms with E-state index >= 15 is 0 Å². The van der Waals surface area contributed by atoms with Crippen LogP contribution in [-0.4, -0.2) is 57.6 Å². The number of nitrogens with one attached hydrogen (secondary N) is 1. The summed E-state index contributed by atoms with van der Waals surface area (Å²) in [5.74, 6) is 0.683. The number of ether oxygens (including phenoxy) is 1. The number of para-hydroxylation sites is 1. The number of carbonyl (C=O) groups excluding carboxylic acids is 1. The molecule has 182 valence electrons. The van der Waals surface area contributed by atoms with Gasteiger partial charge in [-0.25, -0.2) is 4.98 Å². The van der Waals surface area contributed by atoms with Gasteiger partial charge in [0.15, 0.2) is 6.10 Å². The van der Waals surface area contributed by atoms with E-state index in [1.165, 1.54) is 0 Å². The van der Waals surface area contributed by atoms with Crippen LogP contribution in [0.4, 0.5) is 0 Å². The van der Waals surface area contributed by atoms with Crippen molar-refractivity contribution in [3.8, 4) is 16.9 Å². The number of amides is 1. The Labute approximate surface area is 212 Å². The molecule has 1 fully saturated rings. The third-order valence-electron chi connectivity index (χ3n) is 6.69. The van der Waals surface area contributed by atoms with Crippen LogP contribution in [0.25, 0.3) is 22.0 Å². The lowest BCUT2D eigenvalue weighted by Gasteiger charge is -2.29. The number of carbonyl (C=O) groups is 1. The van der Waals surface area contributed by atoms with Crippen LogP contribution in [0.3, 0.4) is 0 Å². The number of hydrogen-bond acceptors (Lipinski definition) is 6. The number of benzene rings is 2. The molecule has 8 nitrogen and oxygen atoms in total. The second-order valence-corrected chi connectivity index (χ2v) is 9.49. The summed E-state index contributed by atoms with van der Waals surface area (Å²) in [6.07, 6.45) is 3.18. The van der Waals surface area contributed by atoms with Crippen molar-refractivity contribution in [2.24, 2.45) is 0 Å². The maximum absolute atomic E-state index is 13.1. The van der Waals surface area contributed by atoms with Crippen LogP contribution in [0.15, 0.2) is 65.8 Å². The van der Waals surface area contributed by atoms with E-state index in [1.807, 2.05) is 47.4 Å². The van der Waals surface area contributed by atoms with Gasteiger partial charge in [-0.05, 0) is 42.0 Å². The summed E-state index contributed by atoms with van der Waals surface area (Å²) >= 11 is 6.47. The van der Waals surface area contributed by atoms with Crippen molar-refractivity contribution >= 4 is 28.4 Å². The second kappa shape index (κ2) is 9.37. The molecule has 2 aliphatic rings. The van der Waals surface area contributed by atoms with Gasteiger partial charge in [-0.1, -0.05) is 23.7 Å². The molecule has 0 unspecified atom stereocenters. The van der Waals surface area contributed by atoms with Crippen molar-refractivity contribution < 1.29 is 9.53 Å². The molecule has 0 aliphatic carbocycles. The quantitative estimate of drug-likeness (QED) is 0.462. The molecule has 1 saturated heterocycles. The van der Waals surface area contributed by atoms with E-state index in [0.29, 0.717) is 46.9 Å². The van der Waals surface area contributed by atoms with Gasteiger partial charge in [-0.2, -0.15) is 0 Å². The van der Waals surface area contributed by atoms with Gasteiger partial charge in [0.1, 0.15) is 5.75 Å². The Morgan fingerprint density at radius 3 is 2.81 bits per heavy atom. The minimum atomic E-state index is -0.557. The molecule has 0 radical (unpaired) electrons. The molecule has 1 amide bonds. The predicted molar refractivity (Wildman–Crippen MR) is 137 cm³/mol. The van der Waals surface area contributed by atoms with Gasteiger partial charge in [0.05, 0.1) is 29.5 Å². The summed E-state index contributed by atoms with van der Waals surface area (Å²) < 4.78 is 7.78. The van der Waals surface area contributed by atoms with Crippen LogP contribution in [0, 0.1) is 0 Å². The van der Waals surface area contributed by atoms with Gasteiger partial charge in [0.25, 0.3) is 11.5 Å². The van der Waals surface area contributed by atoms with E-state index in [4.69, 9.17) is 16.3 Å². The minimum Gasteiger partial charge on any atom is -0.479 e. The molecule has 4 aromatic rings. The molecule has 6 rings (SSSR count). The standard InChI is InChI=1S/C27H24ClN5O3/c28-19-11-18-13-24(27(35)32-9-7-29-8-10-32)36-25(18)22(14-19)17-5-6-30-20(12-17)15-33-16-31-23-4-2-1-3-21(23)26(33)34/h1-6,11-12,14,16,24,29H,7-10,13,15H2/t24-/m1/s1. The predicted octanol–water partition coefficient (Wildman–Crippen LogP) is 2.90. The zero-order valence-electron chi connectivity index (χ0n) is 19.5. The van der Waals surface area contributed by atoms with Gasteiger partial charge in [-0.15, -0.1) is 0 Å². The Balaban J connectivity index is 1.30. The number of piperazine rings is 1. The molecule has 4 heterocycles. The molecule has 1 atom stereocenters. The lowest BCUT2D eigenvalue weighted by Crippen LogP contribution is -2.50. The van der Waals surface area contributed by atoms with E-state index < -0.39 is 6.10 Å². The summed E-state index contributed by atoms with van der Waals surface area (Å²) in [6, 6.07) is 14.8. The van der Waals surface area contributed by atoms with Gasteiger partial charge < -0.3 is 15.0 Å². The number of pyridine rings is 1. The molecular weight excluding hydrogens is 478 g/mol. The summed E-state index contributed by atoms with van der Waals surface area (Å²) in [4.78, 5) is 36.7. The average Bonchev–Trinajstić information content (AvgIpc) is 3.34. The van der Waals surface area contributed by atoms with Crippen molar-refractivity contribution in [1.82, 2.24) is 24.8 Å². The van der Waals surface area contributed by atoms with E-state index in [2.05, 4.69) is 15.3 Å². The van der Waals surface area contributed by atoms with Crippen molar-refractivity contribution in [3.63, 3.8) is 0 Å². The molecule has 2 aromatic heterocycles. The molecule has 9 heteroatoms. The maximum atomic E-state index is 13.1. The van der Waals surface area contributed by atoms with Crippen LogP contribution in [0.2, 0.25) is 5.02 Å². The zero-order valence-corrected chi connectivity index (χ0v) is 20.2. The van der Waals surface area contributed by atoms with Crippen LogP contribution in [-0.2, 0) is 17.8 Å². The topological polar surface area (TPSA) is 89.3 Å². The fourth-order valence-electron chi connectivity index (χ4n) is 4.89. The van der Waals surface area contributed by atoms with E-state index in [1.54, 1.807) is 23.2 Å².